The highest BCUT2D eigenvalue weighted by Gasteiger charge is 2.26. The number of carbonyl (C=O) groups excluding carboxylic acids is 1. The van der Waals surface area contributed by atoms with Crippen molar-refractivity contribution in [3.8, 4) is 0 Å². The monoisotopic (exact) mass is 340 g/mol. The highest BCUT2D eigenvalue weighted by molar-refractivity contribution is 7.98. The van der Waals surface area contributed by atoms with Gasteiger partial charge in [-0.25, -0.2) is 0 Å². The van der Waals surface area contributed by atoms with Crippen LogP contribution in [-0.2, 0) is 5.75 Å². The number of thioether (sulfide) groups is 1. The van der Waals surface area contributed by atoms with Crippen LogP contribution >= 0.6 is 11.8 Å². The fourth-order valence-corrected chi connectivity index (χ4v) is 3.96. The Morgan fingerprint density at radius 1 is 1.17 bits per heavy atom. The summed E-state index contributed by atoms with van der Waals surface area (Å²) >= 11 is 1.82. The molecule has 0 aromatic heterocycles. The maximum atomic E-state index is 12.6. The molecule has 24 heavy (non-hydrogen) atoms. The lowest BCUT2D eigenvalue weighted by atomic mass is 10.1. The second-order valence-corrected chi connectivity index (χ2v) is 7.31. The minimum absolute atomic E-state index is 0.163. The van der Waals surface area contributed by atoms with Gasteiger partial charge in [0.15, 0.2) is 0 Å². The predicted molar refractivity (Wildman–Crippen MR) is 100 cm³/mol. The third-order valence-electron chi connectivity index (χ3n) is 4.42. The minimum Gasteiger partial charge on any atom is -0.338 e. The van der Waals surface area contributed by atoms with Gasteiger partial charge in [-0.3, -0.25) is 4.79 Å². The fourth-order valence-electron chi connectivity index (χ4n) is 3.08. The van der Waals surface area contributed by atoms with E-state index in [1.807, 2.05) is 41.9 Å². The van der Waals surface area contributed by atoms with Crippen molar-refractivity contribution >= 4 is 17.7 Å². The van der Waals surface area contributed by atoms with E-state index in [9.17, 15) is 4.79 Å². The molecule has 3 rings (SSSR count). The number of likely N-dealkylation sites (tertiary alicyclic amines) is 1. The van der Waals surface area contributed by atoms with Crippen LogP contribution in [0.4, 0.5) is 0 Å². The van der Waals surface area contributed by atoms with Crippen molar-refractivity contribution in [1.29, 1.82) is 0 Å². The molecule has 2 aromatic rings. The minimum atomic E-state index is 0.163. The van der Waals surface area contributed by atoms with Crippen molar-refractivity contribution in [3.05, 3.63) is 65.7 Å². The van der Waals surface area contributed by atoms with Crippen LogP contribution in [0.15, 0.2) is 59.5 Å². The van der Waals surface area contributed by atoms with Gasteiger partial charge in [-0.05, 0) is 55.8 Å². The second kappa shape index (κ2) is 8.36. The standard InChI is InChI=1S/C20H24N2OS/c1-21-13-17-11-12-22(14-17)20(23)18-9-7-16(8-10-18)15-24-19-5-3-2-4-6-19/h2-10,17,21H,11-15H2,1H3. The lowest BCUT2D eigenvalue weighted by Gasteiger charge is -2.17. The van der Waals surface area contributed by atoms with Gasteiger partial charge in [0.05, 0.1) is 0 Å². The molecule has 0 bridgehead atoms. The van der Waals surface area contributed by atoms with Crippen molar-refractivity contribution in [2.45, 2.75) is 17.1 Å². The Bertz CT molecular complexity index is 657. The summed E-state index contributed by atoms with van der Waals surface area (Å²) in [5.41, 5.74) is 2.04. The molecule has 0 radical (unpaired) electrons. The molecule has 1 N–H and O–H groups in total. The van der Waals surface area contributed by atoms with Crippen LogP contribution in [0.5, 0.6) is 0 Å². The third kappa shape index (κ3) is 4.40. The molecule has 2 aromatic carbocycles. The smallest absolute Gasteiger partial charge is 0.253 e. The topological polar surface area (TPSA) is 32.3 Å². The summed E-state index contributed by atoms with van der Waals surface area (Å²) in [7, 11) is 1.97. The molecular formula is C20H24N2OS. The van der Waals surface area contributed by atoms with Crippen LogP contribution in [0.25, 0.3) is 0 Å². The van der Waals surface area contributed by atoms with E-state index in [0.717, 1.165) is 37.4 Å². The first-order valence-corrected chi connectivity index (χ1v) is 9.45. The number of hydrogen-bond donors (Lipinski definition) is 1. The van der Waals surface area contributed by atoms with Gasteiger partial charge in [-0.2, -0.15) is 0 Å². The highest BCUT2D eigenvalue weighted by atomic mass is 32.2. The van der Waals surface area contributed by atoms with E-state index in [-0.39, 0.29) is 5.91 Å². The molecule has 0 saturated carbocycles. The van der Waals surface area contributed by atoms with Gasteiger partial charge in [0.1, 0.15) is 0 Å². The second-order valence-electron chi connectivity index (χ2n) is 6.26. The average molecular weight is 340 g/mol. The molecule has 1 aliphatic heterocycles. The number of nitrogens with zero attached hydrogens (tertiary/aromatic N) is 1. The van der Waals surface area contributed by atoms with Gasteiger partial charge in [0.25, 0.3) is 5.91 Å². The lowest BCUT2D eigenvalue weighted by molar-refractivity contribution is 0.0787. The Kier molecular flexibility index (Phi) is 5.94. The molecule has 3 nitrogen and oxygen atoms in total. The van der Waals surface area contributed by atoms with E-state index >= 15 is 0 Å². The number of amides is 1. The Labute approximate surface area is 148 Å². The molecule has 1 saturated heterocycles. The van der Waals surface area contributed by atoms with Crippen LogP contribution in [0.1, 0.15) is 22.3 Å². The molecule has 4 heteroatoms. The number of benzene rings is 2. The zero-order valence-electron chi connectivity index (χ0n) is 14.1. The first-order valence-electron chi connectivity index (χ1n) is 8.47. The fraction of sp³-hybridized carbons (Fsp3) is 0.350. The first-order chi connectivity index (χ1) is 11.8. The summed E-state index contributed by atoms with van der Waals surface area (Å²) in [5.74, 6) is 1.67. The maximum absolute atomic E-state index is 12.6. The van der Waals surface area contributed by atoms with Crippen molar-refractivity contribution < 1.29 is 4.79 Å². The Hall–Kier alpha value is -1.78. The maximum Gasteiger partial charge on any atom is 0.253 e. The summed E-state index contributed by atoms with van der Waals surface area (Å²) < 4.78 is 0. The van der Waals surface area contributed by atoms with Crippen LogP contribution in [0.3, 0.4) is 0 Å². The van der Waals surface area contributed by atoms with Crippen molar-refractivity contribution in [3.63, 3.8) is 0 Å². The molecule has 1 unspecified atom stereocenters. The summed E-state index contributed by atoms with van der Waals surface area (Å²) in [6, 6.07) is 18.5. The molecule has 1 aliphatic rings. The van der Waals surface area contributed by atoms with E-state index in [0.29, 0.717) is 5.92 Å². The van der Waals surface area contributed by atoms with Crippen LogP contribution in [0, 0.1) is 5.92 Å². The van der Waals surface area contributed by atoms with E-state index in [4.69, 9.17) is 0 Å². The van der Waals surface area contributed by atoms with Gasteiger partial charge < -0.3 is 10.2 Å². The summed E-state index contributed by atoms with van der Waals surface area (Å²) in [6.07, 6.45) is 1.10. The van der Waals surface area contributed by atoms with Crippen LogP contribution in [-0.4, -0.2) is 37.5 Å². The van der Waals surface area contributed by atoms with Crippen molar-refractivity contribution in [1.82, 2.24) is 10.2 Å². The average Bonchev–Trinajstić information content (AvgIpc) is 3.10. The first kappa shape index (κ1) is 17.1. The van der Waals surface area contributed by atoms with Gasteiger partial charge >= 0.3 is 0 Å². The number of hydrogen-bond acceptors (Lipinski definition) is 3. The number of nitrogens with one attached hydrogen (secondary N) is 1. The number of rotatable bonds is 6. The molecule has 1 fully saturated rings. The highest BCUT2D eigenvalue weighted by Crippen LogP contribution is 2.23. The van der Waals surface area contributed by atoms with Gasteiger partial charge in [0, 0.05) is 29.3 Å². The van der Waals surface area contributed by atoms with E-state index in [1.54, 1.807) is 0 Å². The zero-order valence-corrected chi connectivity index (χ0v) is 14.9. The molecule has 1 amide bonds. The molecular weight excluding hydrogens is 316 g/mol. The van der Waals surface area contributed by atoms with Gasteiger partial charge in [-0.15, -0.1) is 11.8 Å². The molecule has 0 aliphatic carbocycles. The summed E-state index contributed by atoms with van der Waals surface area (Å²) in [6.45, 7) is 2.72. The molecule has 1 atom stereocenters. The quantitative estimate of drug-likeness (QED) is 0.815. The molecule has 0 spiro atoms. The SMILES string of the molecule is CNCC1CCN(C(=O)c2ccc(CSc3ccccc3)cc2)C1. The zero-order chi connectivity index (χ0) is 16.8. The third-order valence-corrected chi connectivity index (χ3v) is 5.50. The Balaban J connectivity index is 1.55. The van der Waals surface area contributed by atoms with Gasteiger partial charge in [0.2, 0.25) is 0 Å². The van der Waals surface area contributed by atoms with E-state index in [1.165, 1.54) is 10.5 Å². The normalized spacial score (nSPS) is 17.2. The summed E-state index contributed by atoms with van der Waals surface area (Å²) in [5, 5.41) is 3.20. The Morgan fingerprint density at radius 2 is 1.92 bits per heavy atom. The molecule has 1 heterocycles. The Morgan fingerprint density at radius 3 is 2.62 bits per heavy atom. The van der Waals surface area contributed by atoms with E-state index in [2.05, 4.69) is 41.7 Å². The molecule has 126 valence electrons. The predicted octanol–water partition coefficient (Wildman–Crippen LogP) is 3.66. The van der Waals surface area contributed by atoms with Crippen LogP contribution < -0.4 is 5.32 Å². The largest absolute Gasteiger partial charge is 0.338 e. The van der Waals surface area contributed by atoms with Crippen LogP contribution in [0.2, 0.25) is 0 Å². The van der Waals surface area contributed by atoms with Crippen molar-refractivity contribution in [2.24, 2.45) is 5.92 Å². The summed E-state index contributed by atoms with van der Waals surface area (Å²) in [4.78, 5) is 15.8. The van der Waals surface area contributed by atoms with Crippen molar-refractivity contribution in [2.75, 3.05) is 26.7 Å². The lowest BCUT2D eigenvalue weighted by Crippen LogP contribution is -2.30. The number of carbonyl (C=O) groups is 1. The van der Waals surface area contributed by atoms with E-state index < -0.39 is 0 Å². The van der Waals surface area contributed by atoms with Gasteiger partial charge in [-0.1, -0.05) is 30.3 Å².